The number of morpholine rings is 1. The van der Waals surface area contributed by atoms with Crippen molar-refractivity contribution in [1.29, 1.82) is 0 Å². The number of anilines is 1. The number of nitrogens with one attached hydrogen (secondary N) is 2. The molecule has 2 aromatic carbocycles. The minimum absolute atomic E-state index is 0.298. The number of halogens is 1. The second kappa shape index (κ2) is 9.66. The Hall–Kier alpha value is -3.08. The highest BCUT2D eigenvalue weighted by Crippen LogP contribution is 2.35. The van der Waals surface area contributed by atoms with E-state index in [2.05, 4.69) is 25.2 Å². The Morgan fingerprint density at radius 1 is 1.03 bits per heavy atom. The number of hydrogen-bond acceptors (Lipinski definition) is 7. The lowest BCUT2D eigenvalue weighted by atomic mass is 9.90. The maximum atomic E-state index is 14.6. The van der Waals surface area contributed by atoms with E-state index in [1.54, 1.807) is 12.4 Å². The van der Waals surface area contributed by atoms with E-state index in [-0.39, 0.29) is 4.90 Å². The molecule has 1 aliphatic carbocycles. The van der Waals surface area contributed by atoms with E-state index in [9.17, 15) is 12.8 Å². The third kappa shape index (κ3) is 4.81. The third-order valence-corrected chi connectivity index (χ3v) is 8.78. The zero-order valence-corrected chi connectivity index (χ0v) is 21.5. The zero-order valence-electron chi connectivity index (χ0n) is 20.7. The lowest BCUT2D eigenvalue weighted by Gasteiger charge is -2.39. The number of ether oxygens (including phenoxy) is 1. The van der Waals surface area contributed by atoms with Crippen molar-refractivity contribution < 1.29 is 17.5 Å². The second-order valence-electron chi connectivity index (χ2n) is 10.0. The van der Waals surface area contributed by atoms with Crippen LogP contribution < -0.4 is 5.32 Å². The van der Waals surface area contributed by atoms with Gasteiger partial charge in [-0.25, -0.2) is 22.8 Å². The first-order chi connectivity index (χ1) is 17.9. The molecular weight excluding hydrogens is 493 g/mol. The molecule has 194 valence electrons. The van der Waals surface area contributed by atoms with Crippen LogP contribution in [-0.2, 0) is 14.6 Å². The molecule has 4 aromatic rings. The number of hydrogen-bond donors (Lipinski definition) is 2. The number of nitrogens with zero attached hydrogens (tertiary/aromatic N) is 3. The van der Waals surface area contributed by atoms with Crippen molar-refractivity contribution in [3.8, 4) is 11.1 Å². The Balaban J connectivity index is 1.28. The van der Waals surface area contributed by atoms with Crippen molar-refractivity contribution in [1.82, 2.24) is 19.9 Å². The Labute approximate surface area is 215 Å². The summed E-state index contributed by atoms with van der Waals surface area (Å²) in [6.07, 6.45) is 7.03. The van der Waals surface area contributed by atoms with E-state index in [0.29, 0.717) is 17.6 Å². The highest BCUT2D eigenvalue weighted by Gasteiger charge is 2.27. The van der Waals surface area contributed by atoms with Gasteiger partial charge >= 0.3 is 0 Å². The standard InChI is InChI=1S/C27H30FN5O3S/c1-37(34,35)24-9-3-18(15-22(24)28)17-2-8-23-21(14-17)25-26(29-16-30-27(25)32-23)31-19-4-6-20(7-5-19)33-10-12-36-13-11-33/h2-3,8-9,14-16,19-20H,4-7,10-13H2,1H3,(H2,29,30,31,32)/t19-,20-. The van der Waals surface area contributed by atoms with E-state index in [0.717, 1.165) is 91.6 Å². The van der Waals surface area contributed by atoms with Crippen molar-refractivity contribution in [2.45, 2.75) is 42.7 Å². The van der Waals surface area contributed by atoms with Crippen LogP contribution in [0, 0.1) is 5.82 Å². The van der Waals surface area contributed by atoms with Crippen molar-refractivity contribution in [2.75, 3.05) is 37.9 Å². The quantitative estimate of drug-likeness (QED) is 0.401. The molecule has 1 saturated heterocycles. The molecule has 3 heterocycles. The molecule has 8 nitrogen and oxygen atoms in total. The van der Waals surface area contributed by atoms with Gasteiger partial charge in [-0.15, -0.1) is 0 Å². The highest BCUT2D eigenvalue weighted by molar-refractivity contribution is 7.90. The molecule has 2 N–H and O–H groups in total. The number of aromatic nitrogens is 3. The van der Waals surface area contributed by atoms with Gasteiger partial charge in [0.1, 0.15) is 28.5 Å². The average Bonchev–Trinajstić information content (AvgIpc) is 3.28. The minimum Gasteiger partial charge on any atom is -0.379 e. The number of aromatic amines is 1. The maximum Gasteiger partial charge on any atom is 0.178 e. The fourth-order valence-corrected chi connectivity index (χ4v) is 6.44. The molecule has 0 amide bonds. The summed E-state index contributed by atoms with van der Waals surface area (Å²) < 4.78 is 43.7. The van der Waals surface area contributed by atoms with Crippen molar-refractivity contribution in [3.63, 3.8) is 0 Å². The number of H-pyrrole nitrogens is 1. The Bertz CT molecular complexity index is 1560. The lowest BCUT2D eigenvalue weighted by molar-refractivity contribution is 0.00791. The molecule has 10 heteroatoms. The van der Waals surface area contributed by atoms with Gasteiger partial charge in [0.25, 0.3) is 0 Å². The molecule has 1 aliphatic heterocycles. The molecule has 6 rings (SSSR count). The first kappa shape index (κ1) is 24.3. The monoisotopic (exact) mass is 523 g/mol. The summed E-state index contributed by atoms with van der Waals surface area (Å²) in [6, 6.07) is 11.0. The maximum absolute atomic E-state index is 14.6. The first-order valence-corrected chi connectivity index (χ1v) is 14.6. The minimum atomic E-state index is -3.63. The summed E-state index contributed by atoms with van der Waals surface area (Å²) in [4.78, 5) is 14.7. The van der Waals surface area contributed by atoms with Gasteiger partial charge in [-0.1, -0.05) is 12.1 Å². The van der Waals surface area contributed by atoms with Gasteiger partial charge in [0.2, 0.25) is 0 Å². The number of benzene rings is 2. The van der Waals surface area contributed by atoms with Gasteiger partial charge in [-0.2, -0.15) is 0 Å². The fourth-order valence-electron chi connectivity index (χ4n) is 5.71. The van der Waals surface area contributed by atoms with Gasteiger partial charge in [-0.05, 0) is 61.1 Å². The summed E-state index contributed by atoms with van der Waals surface area (Å²) in [5.74, 6) is 0.0409. The Kier molecular flexibility index (Phi) is 6.34. The van der Waals surface area contributed by atoms with Crippen molar-refractivity contribution in [2.24, 2.45) is 0 Å². The summed E-state index contributed by atoms with van der Waals surface area (Å²) in [7, 11) is -3.63. The van der Waals surface area contributed by atoms with Crippen LogP contribution in [0.15, 0.2) is 47.6 Å². The molecule has 0 radical (unpaired) electrons. The van der Waals surface area contributed by atoms with Crippen LogP contribution in [0.25, 0.3) is 33.1 Å². The van der Waals surface area contributed by atoms with Gasteiger partial charge < -0.3 is 15.0 Å². The molecular formula is C27H30FN5O3S. The van der Waals surface area contributed by atoms with Gasteiger partial charge in [0.15, 0.2) is 9.84 Å². The molecule has 1 saturated carbocycles. The highest BCUT2D eigenvalue weighted by atomic mass is 32.2. The molecule has 2 aliphatic rings. The number of rotatable bonds is 5. The summed E-state index contributed by atoms with van der Waals surface area (Å²) in [5.41, 5.74) is 3.04. The van der Waals surface area contributed by atoms with E-state index in [4.69, 9.17) is 4.74 Å². The molecule has 0 unspecified atom stereocenters. The fraction of sp³-hybridized carbons (Fsp3) is 0.407. The molecule has 0 bridgehead atoms. The molecule has 0 atom stereocenters. The topological polar surface area (TPSA) is 100 Å². The Morgan fingerprint density at radius 2 is 1.76 bits per heavy atom. The first-order valence-electron chi connectivity index (χ1n) is 12.7. The van der Waals surface area contributed by atoms with Crippen LogP contribution >= 0.6 is 0 Å². The van der Waals surface area contributed by atoms with Crippen molar-refractivity contribution >= 4 is 37.6 Å². The van der Waals surface area contributed by atoms with E-state index in [1.807, 2.05) is 18.2 Å². The van der Waals surface area contributed by atoms with Crippen LogP contribution in [0.3, 0.4) is 0 Å². The largest absolute Gasteiger partial charge is 0.379 e. The summed E-state index contributed by atoms with van der Waals surface area (Å²) >= 11 is 0. The van der Waals surface area contributed by atoms with E-state index in [1.165, 1.54) is 12.1 Å². The van der Waals surface area contributed by atoms with E-state index >= 15 is 0 Å². The Morgan fingerprint density at radius 3 is 2.49 bits per heavy atom. The van der Waals surface area contributed by atoms with E-state index < -0.39 is 15.7 Å². The summed E-state index contributed by atoms with van der Waals surface area (Å²) in [5, 5.41) is 5.52. The molecule has 2 fully saturated rings. The van der Waals surface area contributed by atoms with Crippen molar-refractivity contribution in [3.05, 3.63) is 48.5 Å². The summed E-state index contributed by atoms with van der Waals surface area (Å²) in [6.45, 7) is 3.70. The molecule has 0 spiro atoms. The normalized spacial score (nSPS) is 21.5. The lowest BCUT2D eigenvalue weighted by Crippen LogP contribution is -2.46. The van der Waals surface area contributed by atoms with Crippen LogP contribution in [0.2, 0.25) is 0 Å². The van der Waals surface area contributed by atoms with Gasteiger partial charge in [0.05, 0.1) is 18.6 Å². The average molecular weight is 524 g/mol. The van der Waals surface area contributed by atoms with Crippen LogP contribution in [0.5, 0.6) is 0 Å². The van der Waals surface area contributed by atoms with Crippen LogP contribution in [0.4, 0.5) is 10.2 Å². The van der Waals surface area contributed by atoms with Crippen LogP contribution in [0.1, 0.15) is 25.7 Å². The predicted molar refractivity (Wildman–Crippen MR) is 142 cm³/mol. The SMILES string of the molecule is CS(=O)(=O)c1ccc(-c2ccc3[nH]c4ncnc(N[C@H]5CC[C@H](N6CCOCC6)CC5)c4c3c2)cc1F. The van der Waals surface area contributed by atoms with Gasteiger partial charge in [0, 0.05) is 42.3 Å². The van der Waals surface area contributed by atoms with Gasteiger partial charge in [-0.3, -0.25) is 4.90 Å². The van der Waals surface area contributed by atoms with Crippen LogP contribution in [-0.4, -0.2) is 72.9 Å². The number of sulfone groups is 1. The zero-order chi connectivity index (χ0) is 25.6. The molecule has 2 aromatic heterocycles. The third-order valence-electron chi connectivity index (χ3n) is 7.65. The number of fused-ring (bicyclic) bond motifs is 3. The second-order valence-corrected chi connectivity index (χ2v) is 12.0. The smallest absolute Gasteiger partial charge is 0.178 e. The molecule has 37 heavy (non-hydrogen) atoms. The predicted octanol–water partition coefficient (Wildman–Crippen LogP) is 4.38.